The van der Waals surface area contributed by atoms with Crippen molar-refractivity contribution in [3.8, 4) is 0 Å². The molecule has 0 N–H and O–H groups in total. The molecule has 0 saturated carbocycles. The predicted molar refractivity (Wildman–Crippen MR) is 57.2 cm³/mol. The average Bonchev–Trinajstić information content (AvgIpc) is 2.16. The van der Waals surface area contributed by atoms with Gasteiger partial charge >= 0.3 is 0 Å². The molecule has 0 amide bonds. The monoisotopic (exact) mass is 177 g/mol. The van der Waals surface area contributed by atoms with Gasteiger partial charge in [-0.15, -0.1) is 0 Å². The number of benzene rings is 1. The molecular formula is C11H15NO. The third kappa shape index (κ3) is 2.68. The number of quaternary nitrogens is 1. The summed E-state index contributed by atoms with van der Waals surface area (Å²) in [6.45, 7) is 2.41. The third-order valence-electron chi connectivity index (χ3n) is 1.99. The Hall–Kier alpha value is -1.12. The summed E-state index contributed by atoms with van der Waals surface area (Å²) in [6, 6.07) is 9.41. The van der Waals surface area contributed by atoms with Crippen molar-refractivity contribution < 1.29 is 0 Å². The molecule has 2 heteroatoms. The van der Waals surface area contributed by atoms with Crippen LogP contribution in [0.15, 0.2) is 42.5 Å². The van der Waals surface area contributed by atoms with Crippen molar-refractivity contribution in [2.75, 3.05) is 13.6 Å². The van der Waals surface area contributed by atoms with Crippen molar-refractivity contribution in [3.05, 3.63) is 47.7 Å². The van der Waals surface area contributed by atoms with E-state index in [1.54, 1.807) is 7.05 Å². The summed E-state index contributed by atoms with van der Waals surface area (Å²) in [7, 11) is 1.66. The van der Waals surface area contributed by atoms with E-state index in [-0.39, 0.29) is 4.65 Å². The second-order valence-electron chi connectivity index (χ2n) is 3.19. The maximum Gasteiger partial charge on any atom is 0.132 e. The molecule has 0 aliphatic carbocycles. The molecule has 1 aromatic carbocycles. The minimum Gasteiger partial charge on any atom is -0.627 e. The Morgan fingerprint density at radius 3 is 2.46 bits per heavy atom. The summed E-state index contributed by atoms with van der Waals surface area (Å²) in [4.78, 5) is 0. The minimum absolute atomic E-state index is 0.342. The van der Waals surface area contributed by atoms with Gasteiger partial charge in [0.25, 0.3) is 0 Å². The van der Waals surface area contributed by atoms with E-state index in [1.165, 1.54) is 0 Å². The second-order valence-corrected chi connectivity index (χ2v) is 3.19. The molecule has 0 saturated heterocycles. The van der Waals surface area contributed by atoms with Crippen molar-refractivity contribution in [1.82, 2.24) is 4.65 Å². The maximum absolute atomic E-state index is 11.9. The number of rotatable bonds is 3. The molecule has 0 aromatic heterocycles. The zero-order chi connectivity index (χ0) is 9.73. The number of likely N-dealkylation sites (N-methyl/N-ethyl adjacent to an activating group) is 1. The Morgan fingerprint density at radius 1 is 1.31 bits per heavy atom. The van der Waals surface area contributed by atoms with Gasteiger partial charge in [-0.1, -0.05) is 24.3 Å². The Labute approximate surface area is 79.3 Å². The topological polar surface area (TPSA) is 23.1 Å². The molecule has 70 valence electrons. The van der Waals surface area contributed by atoms with E-state index in [9.17, 15) is 5.21 Å². The van der Waals surface area contributed by atoms with E-state index < -0.39 is 0 Å². The highest BCUT2D eigenvalue weighted by Crippen LogP contribution is 2.18. The van der Waals surface area contributed by atoms with Crippen LogP contribution in [0.1, 0.15) is 6.92 Å². The third-order valence-corrected chi connectivity index (χ3v) is 1.99. The van der Waals surface area contributed by atoms with Crippen LogP contribution in [0, 0.1) is 5.21 Å². The van der Waals surface area contributed by atoms with E-state index in [0.717, 1.165) is 5.69 Å². The Bertz CT molecular complexity index is 277. The highest BCUT2D eigenvalue weighted by molar-refractivity contribution is 5.42. The highest BCUT2D eigenvalue weighted by atomic mass is 16.5. The molecule has 1 aromatic rings. The zero-order valence-corrected chi connectivity index (χ0v) is 8.10. The number of allylic oxidation sites excluding steroid dienone is 1. The van der Waals surface area contributed by atoms with Gasteiger partial charge in [-0.3, -0.25) is 0 Å². The first-order valence-electron chi connectivity index (χ1n) is 4.40. The molecular weight excluding hydrogens is 162 g/mol. The first-order chi connectivity index (χ1) is 6.17. The Balaban J connectivity index is 2.81. The van der Waals surface area contributed by atoms with E-state index >= 15 is 0 Å². The fourth-order valence-corrected chi connectivity index (χ4v) is 1.16. The van der Waals surface area contributed by atoms with Crippen molar-refractivity contribution in [2.45, 2.75) is 6.92 Å². The summed E-state index contributed by atoms with van der Waals surface area (Å²) in [6.07, 6.45) is 3.79. The molecule has 2 nitrogen and oxygen atoms in total. The molecule has 0 radical (unpaired) electrons. The van der Waals surface area contributed by atoms with Gasteiger partial charge < -0.3 is 9.85 Å². The van der Waals surface area contributed by atoms with E-state index in [0.29, 0.717) is 6.54 Å². The van der Waals surface area contributed by atoms with E-state index in [1.807, 2.05) is 49.4 Å². The lowest BCUT2D eigenvalue weighted by Gasteiger charge is -2.36. The quantitative estimate of drug-likeness (QED) is 0.395. The van der Waals surface area contributed by atoms with Crippen LogP contribution >= 0.6 is 0 Å². The second kappa shape index (κ2) is 4.21. The van der Waals surface area contributed by atoms with Crippen LogP contribution in [0.4, 0.5) is 5.69 Å². The van der Waals surface area contributed by atoms with Crippen molar-refractivity contribution in [1.29, 1.82) is 0 Å². The molecule has 13 heavy (non-hydrogen) atoms. The van der Waals surface area contributed by atoms with Crippen molar-refractivity contribution >= 4 is 5.69 Å². The zero-order valence-electron chi connectivity index (χ0n) is 8.10. The van der Waals surface area contributed by atoms with E-state index in [2.05, 4.69) is 0 Å². The van der Waals surface area contributed by atoms with Crippen LogP contribution in [-0.2, 0) is 0 Å². The van der Waals surface area contributed by atoms with Crippen molar-refractivity contribution in [2.24, 2.45) is 0 Å². The van der Waals surface area contributed by atoms with Crippen LogP contribution < -0.4 is 4.65 Å². The molecule has 0 bridgehead atoms. The van der Waals surface area contributed by atoms with Gasteiger partial charge in [-0.25, -0.2) is 0 Å². The van der Waals surface area contributed by atoms with Crippen molar-refractivity contribution in [3.63, 3.8) is 0 Å². The fraction of sp³-hybridized carbons (Fsp3) is 0.273. The first-order valence-corrected chi connectivity index (χ1v) is 4.40. The molecule has 0 aliphatic heterocycles. The van der Waals surface area contributed by atoms with Gasteiger partial charge in [0.1, 0.15) is 12.2 Å². The smallest absolute Gasteiger partial charge is 0.132 e. The highest BCUT2D eigenvalue weighted by Gasteiger charge is 2.10. The predicted octanol–water partition coefficient (Wildman–Crippen LogP) is 2.70. The molecule has 0 heterocycles. The Kier molecular flexibility index (Phi) is 3.23. The standard InChI is InChI=1S/C11H15NO/c1-3-4-10-12(2,13)11-8-6-5-7-9-11/h3-9H,10H2,1-2H3/b4-3+. The minimum atomic E-state index is -0.342. The normalized spacial score (nSPS) is 15.9. The molecule has 0 aliphatic rings. The number of hydroxylamine groups is 2. The van der Waals surface area contributed by atoms with Gasteiger partial charge in [0.05, 0.1) is 7.05 Å². The van der Waals surface area contributed by atoms with Gasteiger partial charge in [0.15, 0.2) is 0 Å². The van der Waals surface area contributed by atoms with Gasteiger partial charge in [0.2, 0.25) is 0 Å². The maximum atomic E-state index is 11.9. The van der Waals surface area contributed by atoms with Gasteiger partial charge in [-0.05, 0) is 25.1 Å². The average molecular weight is 177 g/mol. The number of hydrogen-bond donors (Lipinski definition) is 0. The Morgan fingerprint density at radius 2 is 1.92 bits per heavy atom. The van der Waals surface area contributed by atoms with Crippen LogP contribution in [0.2, 0.25) is 0 Å². The largest absolute Gasteiger partial charge is 0.627 e. The molecule has 1 rings (SSSR count). The number of hydrogen-bond acceptors (Lipinski definition) is 1. The summed E-state index contributed by atoms with van der Waals surface area (Å²) >= 11 is 0. The summed E-state index contributed by atoms with van der Waals surface area (Å²) in [5, 5.41) is 11.9. The molecule has 0 fully saturated rings. The number of nitrogens with zero attached hydrogens (tertiary/aromatic N) is 1. The van der Waals surface area contributed by atoms with Gasteiger partial charge in [-0.2, -0.15) is 0 Å². The molecule has 1 unspecified atom stereocenters. The van der Waals surface area contributed by atoms with Crippen LogP contribution in [0.5, 0.6) is 0 Å². The molecule has 0 spiro atoms. The lowest BCUT2D eigenvalue weighted by Crippen LogP contribution is -2.38. The SMILES string of the molecule is C/C=C/C[N+](C)([O-])c1ccccc1. The summed E-state index contributed by atoms with van der Waals surface area (Å²) in [5.74, 6) is 0. The summed E-state index contributed by atoms with van der Waals surface area (Å²) < 4.78 is -0.342. The fourth-order valence-electron chi connectivity index (χ4n) is 1.16. The summed E-state index contributed by atoms with van der Waals surface area (Å²) in [5.41, 5.74) is 0.792. The lowest BCUT2D eigenvalue weighted by atomic mass is 10.3. The van der Waals surface area contributed by atoms with Gasteiger partial charge in [0, 0.05) is 0 Å². The van der Waals surface area contributed by atoms with Crippen LogP contribution in [-0.4, -0.2) is 13.6 Å². The lowest BCUT2D eigenvalue weighted by molar-refractivity contribution is 0.493. The van der Waals surface area contributed by atoms with Crippen LogP contribution in [0.25, 0.3) is 0 Å². The number of para-hydroxylation sites is 1. The first kappa shape index (κ1) is 9.96. The molecule has 1 atom stereocenters. The van der Waals surface area contributed by atoms with Crippen LogP contribution in [0.3, 0.4) is 0 Å². The van der Waals surface area contributed by atoms with E-state index in [4.69, 9.17) is 0 Å².